The van der Waals surface area contributed by atoms with Gasteiger partial charge < -0.3 is 10.1 Å². The van der Waals surface area contributed by atoms with Crippen LogP contribution >= 0.6 is 0 Å². The lowest BCUT2D eigenvalue weighted by atomic mass is 10.1. The summed E-state index contributed by atoms with van der Waals surface area (Å²) in [5.41, 5.74) is 0. The van der Waals surface area contributed by atoms with Crippen LogP contribution in [0.1, 0.15) is 19.8 Å². The van der Waals surface area contributed by atoms with E-state index in [9.17, 15) is 9.59 Å². The fourth-order valence-electron chi connectivity index (χ4n) is 1.77. The van der Waals surface area contributed by atoms with Gasteiger partial charge in [0.1, 0.15) is 6.04 Å². The summed E-state index contributed by atoms with van der Waals surface area (Å²) in [6.45, 7) is 1.97. The molecule has 3 atom stereocenters. The highest BCUT2D eigenvalue weighted by atomic mass is 16.5. The minimum absolute atomic E-state index is 0.151. The van der Waals surface area contributed by atoms with Crippen molar-refractivity contribution in [1.29, 1.82) is 0 Å². The number of nitrogens with one attached hydrogen (secondary N) is 2. The zero-order chi connectivity index (χ0) is 9.42. The van der Waals surface area contributed by atoms with Crippen molar-refractivity contribution in [2.24, 2.45) is 0 Å². The number of carbonyl (C=O) groups excluding carboxylic acids is 2. The van der Waals surface area contributed by atoms with Gasteiger partial charge in [-0.1, -0.05) is 0 Å². The Kier molecular flexibility index (Phi) is 1.95. The van der Waals surface area contributed by atoms with Crippen molar-refractivity contribution in [3.05, 3.63) is 0 Å². The summed E-state index contributed by atoms with van der Waals surface area (Å²) in [4.78, 5) is 22.0. The third-order valence-corrected chi connectivity index (χ3v) is 2.44. The molecule has 72 valence electrons. The van der Waals surface area contributed by atoms with Crippen LogP contribution in [0.3, 0.4) is 0 Å². The molecule has 0 saturated carbocycles. The number of hydrogen-bond acceptors (Lipinski definition) is 3. The third kappa shape index (κ3) is 1.51. The maximum absolute atomic E-state index is 11.2. The Morgan fingerprint density at radius 2 is 2.15 bits per heavy atom. The molecule has 0 spiro atoms. The SMILES string of the molecule is CC1CCC(C2NC(=O)NC2=O)O1. The molecule has 0 aliphatic carbocycles. The van der Waals surface area contributed by atoms with E-state index < -0.39 is 12.1 Å². The van der Waals surface area contributed by atoms with Crippen molar-refractivity contribution in [1.82, 2.24) is 10.6 Å². The van der Waals surface area contributed by atoms with E-state index >= 15 is 0 Å². The van der Waals surface area contributed by atoms with E-state index in [1.54, 1.807) is 0 Å². The minimum Gasteiger partial charge on any atom is -0.373 e. The highest BCUT2D eigenvalue weighted by Crippen LogP contribution is 2.22. The van der Waals surface area contributed by atoms with Gasteiger partial charge in [-0.25, -0.2) is 4.79 Å². The molecule has 0 aromatic carbocycles. The molecule has 2 N–H and O–H groups in total. The predicted molar refractivity (Wildman–Crippen MR) is 44.0 cm³/mol. The van der Waals surface area contributed by atoms with Gasteiger partial charge in [0.15, 0.2) is 0 Å². The monoisotopic (exact) mass is 184 g/mol. The third-order valence-electron chi connectivity index (χ3n) is 2.44. The summed E-state index contributed by atoms with van der Waals surface area (Å²) in [5, 5.41) is 4.73. The fourth-order valence-corrected chi connectivity index (χ4v) is 1.77. The molecule has 3 amide bonds. The summed E-state index contributed by atoms with van der Waals surface area (Å²) >= 11 is 0. The number of urea groups is 1. The Balaban J connectivity index is 2.01. The molecular formula is C8H12N2O3. The minimum atomic E-state index is -0.488. The molecule has 0 bridgehead atoms. The van der Waals surface area contributed by atoms with Crippen LogP contribution in [0.15, 0.2) is 0 Å². The fraction of sp³-hybridized carbons (Fsp3) is 0.750. The quantitative estimate of drug-likeness (QED) is 0.553. The van der Waals surface area contributed by atoms with E-state index in [2.05, 4.69) is 10.6 Å². The van der Waals surface area contributed by atoms with Crippen LogP contribution in [0.5, 0.6) is 0 Å². The molecule has 5 nitrogen and oxygen atoms in total. The lowest BCUT2D eigenvalue weighted by Gasteiger charge is -2.15. The number of carbonyl (C=O) groups is 2. The molecule has 2 aliphatic rings. The van der Waals surface area contributed by atoms with Crippen molar-refractivity contribution < 1.29 is 14.3 Å². The highest BCUT2D eigenvalue weighted by molar-refractivity contribution is 6.04. The van der Waals surface area contributed by atoms with Gasteiger partial charge in [-0.3, -0.25) is 10.1 Å². The summed E-state index contributed by atoms with van der Waals surface area (Å²) in [6, 6.07) is -0.907. The Bertz CT molecular complexity index is 254. The van der Waals surface area contributed by atoms with Gasteiger partial charge in [0.25, 0.3) is 5.91 Å². The standard InChI is InChI=1S/C8H12N2O3/c1-4-2-3-5(13-4)6-7(11)10-8(12)9-6/h4-6H,2-3H2,1H3,(H2,9,10,11,12). The number of hydrogen-bond donors (Lipinski definition) is 2. The lowest BCUT2D eigenvalue weighted by Crippen LogP contribution is -2.40. The molecule has 0 aromatic rings. The number of rotatable bonds is 1. The number of ether oxygens (including phenoxy) is 1. The molecule has 2 saturated heterocycles. The molecule has 0 aromatic heterocycles. The summed E-state index contributed by atoms with van der Waals surface area (Å²) in [5.74, 6) is -0.274. The molecule has 2 fully saturated rings. The van der Waals surface area contributed by atoms with E-state index in [1.165, 1.54) is 0 Å². The molecule has 3 unspecified atom stereocenters. The first-order valence-electron chi connectivity index (χ1n) is 4.43. The smallest absolute Gasteiger partial charge is 0.322 e. The highest BCUT2D eigenvalue weighted by Gasteiger charge is 2.39. The second-order valence-electron chi connectivity index (χ2n) is 3.50. The van der Waals surface area contributed by atoms with Gasteiger partial charge in [0.2, 0.25) is 0 Å². The number of imide groups is 1. The van der Waals surface area contributed by atoms with Crippen molar-refractivity contribution in [2.75, 3.05) is 0 Å². The molecule has 0 radical (unpaired) electrons. The van der Waals surface area contributed by atoms with Gasteiger partial charge in [0, 0.05) is 0 Å². The zero-order valence-electron chi connectivity index (χ0n) is 7.37. The molecule has 2 aliphatic heterocycles. The van der Waals surface area contributed by atoms with E-state index in [-0.39, 0.29) is 18.1 Å². The van der Waals surface area contributed by atoms with Crippen LogP contribution < -0.4 is 10.6 Å². The predicted octanol–water partition coefficient (Wildman–Crippen LogP) is -0.238. The summed E-state index contributed by atoms with van der Waals surface area (Å²) < 4.78 is 5.49. The van der Waals surface area contributed by atoms with Gasteiger partial charge >= 0.3 is 6.03 Å². The number of amides is 3. The van der Waals surface area contributed by atoms with Crippen LogP contribution in [0.25, 0.3) is 0 Å². The average molecular weight is 184 g/mol. The summed E-state index contributed by atoms with van der Waals surface area (Å²) in [6.07, 6.45) is 1.82. The van der Waals surface area contributed by atoms with E-state index in [4.69, 9.17) is 4.74 Å². The Morgan fingerprint density at radius 1 is 1.38 bits per heavy atom. The topological polar surface area (TPSA) is 67.4 Å². The molecule has 2 rings (SSSR count). The second kappa shape index (κ2) is 2.99. The van der Waals surface area contributed by atoms with Crippen molar-refractivity contribution in [3.63, 3.8) is 0 Å². The van der Waals surface area contributed by atoms with Crippen LogP contribution in [0.2, 0.25) is 0 Å². The maximum Gasteiger partial charge on any atom is 0.322 e. The van der Waals surface area contributed by atoms with Crippen LogP contribution in [0.4, 0.5) is 4.79 Å². The summed E-state index contributed by atoms with van der Waals surface area (Å²) in [7, 11) is 0. The Hall–Kier alpha value is -1.10. The van der Waals surface area contributed by atoms with Gasteiger partial charge in [-0.15, -0.1) is 0 Å². The molecule has 13 heavy (non-hydrogen) atoms. The first kappa shape index (κ1) is 8.50. The van der Waals surface area contributed by atoms with Crippen LogP contribution in [0, 0.1) is 0 Å². The normalized spacial score (nSPS) is 39.0. The first-order chi connectivity index (χ1) is 6.16. The maximum atomic E-state index is 11.2. The largest absolute Gasteiger partial charge is 0.373 e. The van der Waals surface area contributed by atoms with Gasteiger partial charge in [-0.2, -0.15) is 0 Å². The van der Waals surface area contributed by atoms with Crippen molar-refractivity contribution in [2.45, 2.75) is 38.0 Å². The van der Waals surface area contributed by atoms with E-state index in [0.29, 0.717) is 0 Å². The Morgan fingerprint density at radius 3 is 2.62 bits per heavy atom. The molecular weight excluding hydrogens is 172 g/mol. The van der Waals surface area contributed by atoms with E-state index in [1.807, 2.05) is 6.92 Å². The average Bonchev–Trinajstić information content (AvgIpc) is 2.58. The molecule has 2 heterocycles. The Labute approximate surface area is 75.8 Å². The van der Waals surface area contributed by atoms with Gasteiger partial charge in [0.05, 0.1) is 12.2 Å². The van der Waals surface area contributed by atoms with E-state index in [0.717, 1.165) is 12.8 Å². The van der Waals surface area contributed by atoms with Crippen molar-refractivity contribution >= 4 is 11.9 Å². The van der Waals surface area contributed by atoms with Gasteiger partial charge in [-0.05, 0) is 19.8 Å². The first-order valence-corrected chi connectivity index (χ1v) is 4.43. The van der Waals surface area contributed by atoms with Crippen LogP contribution in [-0.4, -0.2) is 30.2 Å². The second-order valence-corrected chi connectivity index (χ2v) is 3.50. The molecule has 5 heteroatoms. The lowest BCUT2D eigenvalue weighted by molar-refractivity contribution is -0.123. The van der Waals surface area contributed by atoms with Crippen molar-refractivity contribution in [3.8, 4) is 0 Å². The van der Waals surface area contributed by atoms with Crippen LogP contribution in [-0.2, 0) is 9.53 Å². The zero-order valence-corrected chi connectivity index (χ0v) is 7.37.